The summed E-state index contributed by atoms with van der Waals surface area (Å²) in [6, 6.07) is 9.93. The number of rotatable bonds is 6. The minimum Gasteiger partial charge on any atom is -0.260 e. The van der Waals surface area contributed by atoms with Crippen molar-refractivity contribution < 1.29 is 16.8 Å². The van der Waals surface area contributed by atoms with Gasteiger partial charge in [0.1, 0.15) is 0 Å². The smallest absolute Gasteiger partial charge is 0.241 e. The summed E-state index contributed by atoms with van der Waals surface area (Å²) in [5, 5.41) is 0. The molecule has 8 heteroatoms. The second-order valence-corrected chi connectivity index (χ2v) is 8.96. The molecule has 0 amide bonds. The molecule has 1 aromatic carbocycles. The Morgan fingerprint density at radius 1 is 1.00 bits per heavy atom. The van der Waals surface area contributed by atoms with E-state index in [0.29, 0.717) is 5.69 Å². The van der Waals surface area contributed by atoms with E-state index in [1.165, 1.54) is 31.2 Å². The van der Waals surface area contributed by atoms with Crippen LogP contribution in [0.2, 0.25) is 0 Å². The molecular weight excluding hydrogens is 336 g/mol. The van der Waals surface area contributed by atoms with Gasteiger partial charge in [0.2, 0.25) is 10.0 Å². The average molecular weight is 354 g/mol. The Labute approximate surface area is 136 Å². The molecule has 1 atom stereocenters. The van der Waals surface area contributed by atoms with Gasteiger partial charge in [0.15, 0.2) is 9.84 Å². The molecule has 2 aromatic rings. The van der Waals surface area contributed by atoms with Crippen LogP contribution in [-0.2, 0) is 19.9 Å². The second-order valence-electron chi connectivity index (χ2n) is 4.97. The maximum absolute atomic E-state index is 12.4. The van der Waals surface area contributed by atoms with Crippen molar-refractivity contribution in [3.05, 3.63) is 54.4 Å². The largest absolute Gasteiger partial charge is 0.260 e. The first-order valence-electron chi connectivity index (χ1n) is 7.02. The fraction of sp³-hybridized carbons (Fsp3) is 0.267. The quantitative estimate of drug-likeness (QED) is 0.855. The number of sulfonamides is 1. The molecule has 0 fully saturated rings. The normalized spacial score (nSPS) is 13.7. The summed E-state index contributed by atoms with van der Waals surface area (Å²) in [7, 11) is -7.11. The van der Waals surface area contributed by atoms with Crippen LogP contribution in [0.3, 0.4) is 0 Å². The summed E-state index contributed by atoms with van der Waals surface area (Å²) in [5.74, 6) is -0.0337. The third-order valence-corrected chi connectivity index (χ3v) is 6.64. The van der Waals surface area contributed by atoms with Gasteiger partial charge in [0, 0.05) is 6.20 Å². The van der Waals surface area contributed by atoms with Crippen LogP contribution in [0, 0.1) is 0 Å². The molecule has 2 rings (SSSR count). The standard InChI is InChI=1S/C15H18N2O4S2/c1-3-22(18,19)13-7-9-14(10-8-13)23(20,21)17-12(2)15-6-4-5-11-16-15/h4-12,17H,3H2,1-2H3. The Morgan fingerprint density at radius 2 is 1.61 bits per heavy atom. The van der Waals surface area contributed by atoms with Crippen molar-refractivity contribution in [1.29, 1.82) is 0 Å². The number of aromatic nitrogens is 1. The molecular formula is C15H18N2O4S2. The van der Waals surface area contributed by atoms with Gasteiger partial charge in [-0.15, -0.1) is 0 Å². The minimum atomic E-state index is -3.76. The van der Waals surface area contributed by atoms with Crippen LogP contribution in [0.25, 0.3) is 0 Å². The van der Waals surface area contributed by atoms with Crippen LogP contribution >= 0.6 is 0 Å². The van der Waals surface area contributed by atoms with Crippen LogP contribution in [-0.4, -0.2) is 27.6 Å². The monoisotopic (exact) mass is 354 g/mol. The Balaban J connectivity index is 2.23. The molecule has 0 bridgehead atoms. The number of benzene rings is 1. The number of sulfone groups is 1. The SMILES string of the molecule is CCS(=O)(=O)c1ccc(S(=O)(=O)NC(C)c2ccccn2)cc1. The zero-order valence-corrected chi connectivity index (χ0v) is 14.4. The predicted molar refractivity (Wildman–Crippen MR) is 87.1 cm³/mol. The highest BCUT2D eigenvalue weighted by atomic mass is 32.2. The average Bonchev–Trinajstić information content (AvgIpc) is 2.55. The number of hydrogen-bond acceptors (Lipinski definition) is 5. The van der Waals surface area contributed by atoms with Crippen LogP contribution < -0.4 is 4.72 Å². The molecule has 0 spiro atoms. The first-order valence-corrected chi connectivity index (χ1v) is 10.2. The van der Waals surface area contributed by atoms with Crippen LogP contribution in [0.5, 0.6) is 0 Å². The number of hydrogen-bond donors (Lipinski definition) is 1. The Bertz CT molecular complexity index is 861. The van der Waals surface area contributed by atoms with E-state index in [2.05, 4.69) is 9.71 Å². The van der Waals surface area contributed by atoms with Crippen molar-refractivity contribution in [2.45, 2.75) is 29.7 Å². The summed E-state index contributed by atoms with van der Waals surface area (Å²) >= 11 is 0. The van der Waals surface area contributed by atoms with E-state index in [-0.39, 0.29) is 15.5 Å². The maximum Gasteiger partial charge on any atom is 0.241 e. The molecule has 0 aliphatic rings. The zero-order valence-electron chi connectivity index (χ0n) is 12.8. The first kappa shape index (κ1) is 17.6. The van der Waals surface area contributed by atoms with E-state index in [9.17, 15) is 16.8 Å². The Morgan fingerprint density at radius 3 is 2.13 bits per heavy atom. The minimum absolute atomic E-state index is 0.00957. The highest BCUT2D eigenvalue weighted by molar-refractivity contribution is 7.91. The van der Waals surface area contributed by atoms with Crippen LogP contribution in [0.15, 0.2) is 58.5 Å². The Hall–Kier alpha value is -1.77. The lowest BCUT2D eigenvalue weighted by atomic mass is 10.2. The zero-order chi connectivity index (χ0) is 17.1. The van der Waals surface area contributed by atoms with Gasteiger partial charge >= 0.3 is 0 Å². The van der Waals surface area contributed by atoms with Crippen molar-refractivity contribution >= 4 is 19.9 Å². The molecule has 0 aliphatic heterocycles. The lowest BCUT2D eigenvalue weighted by molar-refractivity contribution is 0.563. The summed E-state index contributed by atoms with van der Waals surface area (Å²) in [4.78, 5) is 4.23. The number of nitrogens with one attached hydrogen (secondary N) is 1. The third kappa shape index (κ3) is 4.15. The third-order valence-electron chi connectivity index (χ3n) is 3.34. The number of nitrogens with zero attached hydrogens (tertiary/aromatic N) is 1. The molecule has 6 nitrogen and oxygen atoms in total. The lowest BCUT2D eigenvalue weighted by Gasteiger charge is -2.14. The summed E-state index contributed by atoms with van der Waals surface area (Å²) < 4.78 is 50.7. The van der Waals surface area contributed by atoms with Gasteiger partial charge in [-0.25, -0.2) is 21.6 Å². The summed E-state index contributed by atoms with van der Waals surface area (Å²) in [6.07, 6.45) is 1.59. The molecule has 0 aliphatic carbocycles. The van der Waals surface area contributed by atoms with Crippen LogP contribution in [0.1, 0.15) is 25.6 Å². The van der Waals surface area contributed by atoms with E-state index in [1.54, 1.807) is 31.3 Å². The molecule has 23 heavy (non-hydrogen) atoms. The van der Waals surface area contributed by atoms with E-state index >= 15 is 0 Å². The van der Waals surface area contributed by atoms with E-state index < -0.39 is 25.9 Å². The topological polar surface area (TPSA) is 93.2 Å². The fourth-order valence-corrected chi connectivity index (χ4v) is 4.09. The second kappa shape index (κ2) is 6.77. The lowest BCUT2D eigenvalue weighted by Crippen LogP contribution is -2.27. The Kier molecular flexibility index (Phi) is 5.18. The molecule has 1 N–H and O–H groups in total. The van der Waals surface area contributed by atoms with E-state index in [4.69, 9.17) is 0 Å². The van der Waals surface area contributed by atoms with Crippen LogP contribution in [0.4, 0.5) is 0 Å². The molecule has 0 radical (unpaired) electrons. The van der Waals surface area contributed by atoms with Gasteiger partial charge < -0.3 is 0 Å². The van der Waals surface area contributed by atoms with Crippen molar-refractivity contribution in [1.82, 2.24) is 9.71 Å². The summed E-state index contributed by atoms with van der Waals surface area (Å²) in [5.41, 5.74) is 0.598. The van der Waals surface area contributed by atoms with E-state index in [0.717, 1.165) is 0 Å². The number of pyridine rings is 1. The predicted octanol–water partition coefficient (Wildman–Crippen LogP) is 1.91. The molecule has 0 saturated carbocycles. The highest BCUT2D eigenvalue weighted by Crippen LogP contribution is 2.18. The van der Waals surface area contributed by atoms with Gasteiger partial charge in [0.25, 0.3) is 0 Å². The van der Waals surface area contributed by atoms with E-state index in [1.807, 2.05) is 0 Å². The van der Waals surface area contributed by atoms with Gasteiger partial charge in [0.05, 0.1) is 27.3 Å². The van der Waals surface area contributed by atoms with Crippen molar-refractivity contribution in [2.24, 2.45) is 0 Å². The fourth-order valence-electron chi connectivity index (χ4n) is 1.99. The van der Waals surface area contributed by atoms with Gasteiger partial charge in [-0.3, -0.25) is 4.98 Å². The van der Waals surface area contributed by atoms with Crippen molar-refractivity contribution in [3.8, 4) is 0 Å². The molecule has 124 valence electrons. The molecule has 0 saturated heterocycles. The van der Waals surface area contributed by atoms with Gasteiger partial charge in [-0.2, -0.15) is 0 Å². The first-order chi connectivity index (χ1) is 10.8. The molecule has 1 heterocycles. The molecule has 1 unspecified atom stereocenters. The molecule has 1 aromatic heterocycles. The highest BCUT2D eigenvalue weighted by Gasteiger charge is 2.20. The maximum atomic E-state index is 12.4. The van der Waals surface area contributed by atoms with Gasteiger partial charge in [-0.05, 0) is 43.3 Å². The van der Waals surface area contributed by atoms with Crippen molar-refractivity contribution in [2.75, 3.05) is 5.75 Å². The summed E-state index contributed by atoms with van der Waals surface area (Å²) in [6.45, 7) is 3.23. The van der Waals surface area contributed by atoms with Gasteiger partial charge in [-0.1, -0.05) is 13.0 Å². The van der Waals surface area contributed by atoms with Crippen molar-refractivity contribution in [3.63, 3.8) is 0 Å².